The number of methoxy groups -OCH3 is 1. The van der Waals surface area contributed by atoms with Gasteiger partial charge in [-0.1, -0.05) is 51.0 Å². The predicted octanol–water partition coefficient (Wildman–Crippen LogP) is 3.04. The average Bonchev–Trinajstić information content (AvgIpc) is 3.22. The minimum Gasteiger partial charge on any atom is -0.515 e. The highest BCUT2D eigenvalue weighted by molar-refractivity contribution is 6.68. The van der Waals surface area contributed by atoms with Crippen LogP contribution >= 0.6 is 0 Å². The quantitative estimate of drug-likeness (QED) is 0.438. The van der Waals surface area contributed by atoms with Gasteiger partial charge in [-0.3, -0.25) is 19.8 Å². The van der Waals surface area contributed by atoms with Crippen molar-refractivity contribution < 1.29 is 28.2 Å². The Morgan fingerprint density at radius 1 is 1.22 bits per heavy atom. The Balaban J connectivity index is 2.03. The fraction of sp³-hybridized carbons (Fsp3) is 0.444. The van der Waals surface area contributed by atoms with Gasteiger partial charge in [-0.15, -0.1) is 0 Å². The molecule has 1 heterocycles. The molecular formula is C27H35BFN3O5. The normalized spacial score (nSPS) is 14.4. The number of halogens is 1. The number of hydrazine groups is 1. The summed E-state index contributed by atoms with van der Waals surface area (Å²) in [6, 6.07) is 8.02. The molecule has 2 aromatic carbocycles. The molecule has 37 heavy (non-hydrogen) atoms. The summed E-state index contributed by atoms with van der Waals surface area (Å²) in [7, 11) is 0.418. The first-order valence-corrected chi connectivity index (χ1v) is 12.3. The number of benzene rings is 2. The molecule has 2 amide bonds. The molecule has 10 heteroatoms. The van der Waals surface area contributed by atoms with Crippen LogP contribution in [0.25, 0.3) is 0 Å². The number of hydrogen-bond acceptors (Lipinski definition) is 6. The molecule has 1 aliphatic rings. The molecule has 0 radical (unpaired) electrons. The van der Waals surface area contributed by atoms with E-state index < -0.39 is 24.7 Å². The molecule has 0 spiro atoms. The van der Waals surface area contributed by atoms with Crippen LogP contribution in [0.15, 0.2) is 30.3 Å². The third kappa shape index (κ3) is 6.37. The summed E-state index contributed by atoms with van der Waals surface area (Å²) < 4.78 is 26.2. The van der Waals surface area contributed by atoms with E-state index in [0.717, 1.165) is 11.1 Å². The van der Waals surface area contributed by atoms with Gasteiger partial charge in [0.2, 0.25) is 0 Å². The van der Waals surface area contributed by atoms with Crippen molar-refractivity contribution in [2.75, 3.05) is 13.7 Å². The van der Waals surface area contributed by atoms with Crippen LogP contribution < -0.4 is 16.1 Å². The SMILES string of the molecule is CC[C@@H](N(NC(=O)c1ccc(COC)c(B2NCC(=O)O2)c1F)C(=O)c1cc(C)cc(C)c1)C(C)(C)C. The van der Waals surface area contributed by atoms with E-state index in [0.29, 0.717) is 17.5 Å². The van der Waals surface area contributed by atoms with Crippen LogP contribution in [0.4, 0.5) is 4.39 Å². The minimum absolute atomic E-state index is 0.0235. The van der Waals surface area contributed by atoms with Crippen LogP contribution in [0.2, 0.25) is 0 Å². The maximum atomic E-state index is 15.8. The molecule has 8 nitrogen and oxygen atoms in total. The lowest BCUT2D eigenvalue weighted by atomic mass is 9.70. The van der Waals surface area contributed by atoms with Crippen molar-refractivity contribution in [2.24, 2.45) is 5.41 Å². The lowest BCUT2D eigenvalue weighted by Crippen LogP contribution is -2.56. The molecule has 1 aliphatic heterocycles. The van der Waals surface area contributed by atoms with Crippen LogP contribution in [-0.4, -0.2) is 49.5 Å². The van der Waals surface area contributed by atoms with Crippen LogP contribution in [0.3, 0.4) is 0 Å². The number of rotatable bonds is 7. The molecule has 2 aromatic rings. The zero-order chi connectivity index (χ0) is 27.5. The maximum absolute atomic E-state index is 15.8. The fourth-order valence-electron chi connectivity index (χ4n) is 4.78. The summed E-state index contributed by atoms with van der Waals surface area (Å²) in [5, 5.41) is 4.12. The molecule has 1 fully saturated rings. The Labute approximate surface area is 218 Å². The van der Waals surface area contributed by atoms with E-state index in [1.165, 1.54) is 18.2 Å². The zero-order valence-corrected chi connectivity index (χ0v) is 22.5. The molecule has 1 saturated heterocycles. The number of nitrogens with zero attached hydrogens (tertiary/aromatic N) is 1. The summed E-state index contributed by atoms with van der Waals surface area (Å²) in [4.78, 5) is 38.9. The number of nitrogens with one attached hydrogen (secondary N) is 2. The molecule has 0 aromatic heterocycles. The zero-order valence-electron chi connectivity index (χ0n) is 22.5. The van der Waals surface area contributed by atoms with Gasteiger partial charge in [0.1, 0.15) is 5.82 Å². The first kappa shape index (κ1) is 28.3. The fourth-order valence-corrected chi connectivity index (χ4v) is 4.78. The van der Waals surface area contributed by atoms with E-state index in [2.05, 4.69) is 10.7 Å². The molecule has 1 atom stereocenters. The van der Waals surface area contributed by atoms with Crippen LogP contribution in [-0.2, 0) is 20.8 Å². The first-order valence-electron chi connectivity index (χ1n) is 12.3. The Bertz CT molecular complexity index is 1180. The van der Waals surface area contributed by atoms with Crippen LogP contribution in [0.1, 0.15) is 71.5 Å². The van der Waals surface area contributed by atoms with Gasteiger partial charge in [-0.25, -0.2) is 9.40 Å². The number of carbonyl (C=O) groups is 3. The Kier molecular flexibility index (Phi) is 8.76. The van der Waals surface area contributed by atoms with E-state index >= 15 is 4.39 Å². The van der Waals surface area contributed by atoms with Gasteiger partial charge in [0.15, 0.2) is 0 Å². The largest absolute Gasteiger partial charge is 0.515 e. The molecule has 0 unspecified atom stereocenters. The molecule has 198 valence electrons. The van der Waals surface area contributed by atoms with Crippen molar-refractivity contribution in [3.05, 3.63) is 64.0 Å². The Morgan fingerprint density at radius 2 is 1.86 bits per heavy atom. The number of aryl methyl sites for hydroxylation is 2. The van der Waals surface area contributed by atoms with E-state index in [1.807, 2.05) is 47.6 Å². The number of carbonyl (C=O) groups excluding carboxylic acids is 3. The predicted molar refractivity (Wildman–Crippen MR) is 140 cm³/mol. The molecule has 2 N–H and O–H groups in total. The van der Waals surface area contributed by atoms with Crippen molar-refractivity contribution in [3.8, 4) is 0 Å². The molecule has 3 rings (SSSR count). The second kappa shape index (κ2) is 11.4. The average molecular weight is 511 g/mol. The van der Waals surface area contributed by atoms with Crippen molar-refractivity contribution in [2.45, 2.75) is 60.6 Å². The lowest BCUT2D eigenvalue weighted by Gasteiger charge is -2.39. The maximum Gasteiger partial charge on any atom is 0.488 e. The third-order valence-electron chi connectivity index (χ3n) is 6.37. The first-order chi connectivity index (χ1) is 17.4. The van der Waals surface area contributed by atoms with Crippen LogP contribution in [0.5, 0.6) is 0 Å². The van der Waals surface area contributed by atoms with E-state index in [9.17, 15) is 14.4 Å². The number of hydrogen-bond donors (Lipinski definition) is 2. The second-order valence-corrected chi connectivity index (χ2v) is 10.5. The standard InChI is InChI=1S/C27H35BFN3O5/c1-8-21(27(4,5)6)32(26(35)19-12-16(2)11-17(3)13-19)31-25(34)20-10-9-18(15-36-7)23(24(20)29)28-30-14-22(33)37-28/h9-13,21,30H,8,14-15H2,1-7H3,(H,31,34)/t21-/m1/s1. The Morgan fingerprint density at radius 3 is 2.38 bits per heavy atom. The van der Waals surface area contributed by atoms with Crippen molar-refractivity contribution in [1.29, 1.82) is 0 Å². The van der Waals surface area contributed by atoms with E-state index in [1.54, 1.807) is 18.2 Å². The summed E-state index contributed by atoms with van der Waals surface area (Å²) in [6.07, 6.45) is 0.558. The number of ether oxygens (including phenoxy) is 1. The summed E-state index contributed by atoms with van der Waals surface area (Å²) >= 11 is 0. The monoisotopic (exact) mass is 511 g/mol. The highest BCUT2D eigenvalue weighted by Gasteiger charge is 2.38. The van der Waals surface area contributed by atoms with Crippen LogP contribution in [0, 0.1) is 25.1 Å². The van der Waals surface area contributed by atoms with Crippen molar-refractivity contribution >= 4 is 30.3 Å². The summed E-state index contributed by atoms with van der Waals surface area (Å²) in [5.74, 6) is -2.54. The topological polar surface area (TPSA) is 97.0 Å². The minimum atomic E-state index is -1.05. The molecule has 0 bridgehead atoms. The van der Waals surface area contributed by atoms with Gasteiger partial charge in [0.05, 0.1) is 24.8 Å². The van der Waals surface area contributed by atoms with Crippen molar-refractivity contribution in [1.82, 2.24) is 15.7 Å². The highest BCUT2D eigenvalue weighted by atomic mass is 19.1. The number of amides is 2. The summed E-state index contributed by atoms with van der Waals surface area (Å²) in [6.45, 7) is 11.7. The lowest BCUT2D eigenvalue weighted by molar-refractivity contribution is -0.131. The highest BCUT2D eigenvalue weighted by Crippen LogP contribution is 2.28. The molecule has 0 saturated carbocycles. The Hall–Kier alpha value is -3.24. The molecular weight excluding hydrogens is 476 g/mol. The van der Waals surface area contributed by atoms with Gasteiger partial charge in [-0.05, 0) is 49.4 Å². The summed E-state index contributed by atoms with van der Waals surface area (Å²) in [5.41, 5.74) is 4.76. The van der Waals surface area contributed by atoms with Gasteiger partial charge in [0, 0.05) is 18.1 Å². The van der Waals surface area contributed by atoms with E-state index in [-0.39, 0.29) is 41.5 Å². The smallest absolute Gasteiger partial charge is 0.488 e. The van der Waals surface area contributed by atoms with Gasteiger partial charge < -0.3 is 14.6 Å². The van der Waals surface area contributed by atoms with Crippen molar-refractivity contribution in [3.63, 3.8) is 0 Å². The van der Waals surface area contributed by atoms with Gasteiger partial charge in [-0.2, -0.15) is 0 Å². The third-order valence-corrected chi connectivity index (χ3v) is 6.37. The van der Waals surface area contributed by atoms with E-state index in [4.69, 9.17) is 9.39 Å². The molecule has 0 aliphatic carbocycles. The van der Waals surface area contributed by atoms with Gasteiger partial charge in [0.25, 0.3) is 11.8 Å². The second-order valence-electron chi connectivity index (χ2n) is 10.5. The van der Waals surface area contributed by atoms with Gasteiger partial charge >= 0.3 is 13.0 Å².